The summed E-state index contributed by atoms with van der Waals surface area (Å²) in [4.78, 5) is 0. The Morgan fingerprint density at radius 1 is 1.50 bits per heavy atom. The number of hydrogen-bond acceptors (Lipinski definition) is 0. The first kappa shape index (κ1) is 9.62. The van der Waals surface area contributed by atoms with Crippen LogP contribution >= 0.6 is 0 Å². The molecule has 0 nitrogen and oxygen atoms in total. The fourth-order valence-corrected chi connectivity index (χ4v) is 1.80. The molecule has 1 aliphatic carbocycles. The summed E-state index contributed by atoms with van der Waals surface area (Å²) in [5.41, 5.74) is -0.308. The fraction of sp³-hybridized carbons (Fsp3) is 0.778. The normalized spacial score (nSPS) is 30.6. The molecule has 2 atom stereocenters. The topological polar surface area (TPSA) is 0 Å². The van der Waals surface area contributed by atoms with Gasteiger partial charge in [0.2, 0.25) is 0 Å². The smallest absolute Gasteiger partial charge is 0.166 e. The van der Waals surface area contributed by atoms with E-state index in [0.717, 1.165) is 0 Å². The van der Waals surface area contributed by atoms with E-state index in [1.165, 1.54) is 6.08 Å². The summed E-state index contributed by atoms with van der Waals surface area (Å²) >= 11 is 0. The minimum absolute atomic E-state index is 0.0894. The lowest BCUT2D eigenvalue weighted by Crippen LogP contribution is -2.16. The molecule has 12 heavy (non-hydrogen) atoms. The van der Waals surface area contributed by atoms with Crippen LogP contribution in [0.25, 0.3) is 0 Å². The third-order valence-corrected chi connectivity index (χ3v) is 2.38. The highest BCUT2D eigenvalue weighted by atomic mass is 19.4. The zero-order chi connectivity index (χ0) is 9.35. The van der Waals surface area contributed by atoms with Gasteiger partial charge in [0.25, 0.3) is 0 Å². The molecule has 0 spiro atoms. The van der Waals surface area contributed by atoms with E-state index in [2.05, 4.69) is 0 Å². The summed E-state index contributed by atoms with van der Waals surface area (Å²) in [5, 5.41) is 0. The minimum atomic E-state index is -4.11. The van der Waals surface area contributed by atoms with Gasteiger partial charge in [0.05, 0.1) is 0 Å². The van der Waals surface area contributed by atoms with Crippen LogP contribution in [0.3, 0.4) is 0 Å². The number of alkyl halides is 3. The lowest BCUT2D eigenvalue weighted by Gasteiger charge is -2.15. The summed E-state index contributed by atoms with van der Waals surface area (Å²) in [6.45, 7) is 3.64. The van der Waals surface area contributed by atoms with E-state index >= 15 is 0 Å². The van der Waals surface area contributed by atoms with Gasteiger partial charge in [0, 0.05) is 5.57 Å². The molecule has 0 amide bonds. The Labute approximate surface area is 70.5 Å². The molecule has 0 aromatic carbocycles. The second kappa shape index (κ2) is 3.11. The molecule has 2 unspecified atom stereocenters. The van der Waals surface area contributed by atoms with Gasteiger partial charge in [-0.05, 0) is 24.7 Å². The van der Waals surface area contributed by atoms with Crippen LogP contribution in [0.2, 0.25) is 0 Å². The highest BCUT2D eigenvalue weighted by Crippen LogP contribution is 2.41. The van der Waals surface area contributed by atoms with E-state index in [1.807, 2.05) is 13.8 Å². The van der Waals surface area contributed by atoms with Crippen molar-refractivity contribution in [3.05, 3.63) is 11.6 Å². The summed E-state index contributed by atoms with van der Waals surface area (Å²) in [6, 6.07) is 0. The first-order valence-corrected chi connectivity index (χ1v) is 4.24. The van der Waals surface area contributed by atoms with Crippen molar-refractivity contribution in [2.45, 2.75) is 32.9 Å². The van der Waals surface area contributed by atoms with Crippen molar-refractivity contribution in [2.75, 3.05) is 0 Å². The average molecular weight is 178 g/mol. The summed E-state index contributed by atoms with van der Waals surface area (Å²) in [6.07, 6.45) is -1.49. The number of halogens is 3. The quantitative estimate of drug-likeness (QED) is 0.539. The monoisotopic (exact) mass is 178 g/mol. The zero-order valence-corrected chi connectivity index (χ0v) is 7.28. The molecule has 0 radical (unpaired) electrons. The Balaban J connectivity index is 2.80. The summed E-state index contributed by atoms with van der Waals surface area (Å²) in [5.74, 6) is -0.174. The second-order valence-electron chi connectivity index (χ2n) is 3.44. The van der Waals surface area contributed by atoms with Crippen LogP contribution in [0.15, 0.2) is 11.6 Å². The molecular weight excluding hydrogens is 165 g/mol. The van der Waals surface area contributed by atoms with Gasteiger partial charge in [-0.1, -0.05) is 19.9 Å². The van der Waals surface area contributed by atoms with Crippen molar-refractivity contribution < 1.29 is 13.2 Å². The summed E-state index contributed by atoms with van der Waals surface area (Å²) < 4.78 is 36.9. The predicted octanol–water partition coefficient (Wildman–Crippen LogP) is 3.54. The van der Waals surface area contributed by atoms with Crippen LogP contribution in [0, 0.1) is 11.8 Å². The van der Waals surface area contributed by atoms with Crippen molar-refractivity contribution in [2.24, 2.45) is 11.8 Å². The number of rotatable bonds is 1. The molecule has 0 bridgehead atoms. The van der Waals surface area contributed by atoms with Crippen LogP contribution in [0.4, 0.5) is 13.2 Å². The Hall–Kier alpha value is -0.470. The van der Waals surface area contributed by atoms with E-state index in [1.54, 1.807) is 0 Å². The Kier molecular flexibility index (Phi) is 2.49. The van der Waals surface area contributed by atoms with Gasteiger partial charge in [0.1, 0.15) is 0 Å². The molecule has 1 rings (SSSR count). The molecular formula is C9H13F3. The molecule has 70 valence electrons. The van der Waals surface area contributed by atoms with Crippen LogP contribution in [-0.2, 0) is 0 Å². The molecule has 0 N–H and O–H groups in total. The van der Waals surface area contributed by atoms with Gasteiger partial charge in [-0.3, -0.25) is 0 Å². The molecule has 0 saturated carbocycles. The van der Waals surface area contributed by atoms with Crippen molar-refractivity contribution >= 4 is 0 Å². The first-order valence-electron chi connectivity index (χ1n) is 4.24. The van der Waals surface area contributed by atoms with Gasteiger partial charge in [-0.25, -0.2) is 0 Å². The Bertz CT molecular complexity index is 190. The molecule has 0 aromatic rings. The van der Waals surface area contributed by atoms with Crippen molar-refractivity contribution in [3.8, 4) is 0 Å². The van der Waals surface area contributed by atoms with E-state index in [4.69, 9.17) is 0 Å². The third-order valence-electron chi connectivity index (χ3n) is 2.38. The van der Waals surface area contributed by atoms with Crippen LogP contribution in [0.5, 0.6) is 0 Å². The van der Waals surface area contributed by atoms with Crippen LogP contribution in [-0.4, -0.2) is 6.18 Å². The highest BCUT2D eigenvalue weighted by molar-refractivity contribution is 5.19. The lowest BCUT2D eigenvalue weighted by atomic mass is 9.97. The van der Waals surface area contributed by atoms with E-state index in [-0.39, 0.29) is 17.4 Å². The lowest BCUT2D eigenvalue weighted by molar-refractivity contribution is -0.0980. The number of allylic oxidation sites excluding steroid dienone is 2. The predicted molar refractivity (Wildman–Crippen MR) is 41.7 cm³/mol. The maximum absolute atomic E-state index is 12.3. The second-order valence-corrected chi connectivity index (χ2v) is 3.44. The van der Waals surface area contributed by atoms with E-state index in [9.17, 15) is 13.2 Å². The largest absolute Gasteiger partial charge is 0.412 e. The van der Waals surface area contributed by atoms with Crippen molar-refractivity contribution in [1.82, 2.24) is 0 Å². The fourth-order valence-electron chi connectivity index (χ4n) is 1.80. The SMILES string of the molecule is CCC1CC(C)C=C1C(F)(F)F. The van der Waals surface area contributed by atoms with Gasteiger partial charge >= 0.3 is 6.18 Å². The minimum Gasteiger partial charge on any atom is -0.166 e. The molecule has 0 aromatic heterocycles. The van der Waals surface area contributed by atoms with Crippen LogP contribution < -0.4 is 0 Å². The van der Waals surface area contributed by atoms with Gasteiger partial charge < -0.3 is 0 Å². The van der Waals surface area contributed by atoms with Crippen LogP contribution in [0.1, 0.15) is 26.7 Å². The van der Waals surface area contributed by atoms with Gasteiger partial charge in [0.15, 0.2) is 0 Å². The highest BCUT2D eigenvalue weighted by Gasteiger charge is 2.41. The maximum atomic E-state index is 12.3. The molecule has 0 fully saturated rings. The molecule has 0 heterocycles. The summed E-state index contributed by atoms with van der Waals surface area (Å²) in [7, 11) is 0. The maximum Gasteiger partial charge on any atom is 0.412 e. The molecule has 3 heteroatoms. The average Bonchev–Trinajstić information content (AvgIpc) is 2.29. The molecule has 1 aliphatic rings. The molecule has 0 aliphatic heterocycles. The van der Waals surface area contributed by atoms with Crippen molar-refractivity contribution in [3.63, 3.8) is 0 Å². The number of hydrogen-bond donors (Lipinski definition) is 0. The van der Waals surface area contributed by atoms with E-state index < -0.39 is 6.18 Å². The standard InChI is InChI=1S/C9H13F3/c1-3-7-4-6(2)5-8(7)9(10,11)12/h5-7H,3-4H2,1-2H3. The van der Waals surface area contributed by atoms with Gasteiger partial charge in [-0.2, -0.15) is 13.2 Å². The Morgan fingerprint density at radius 3 is 2.42 bits per heavy atom. The molecule has 0 saturated heterocycles. The van der Waals surface area contributed by atoms with Crippen molar-refractivity contribution in [1.29, 1.82) is 0 Å². The van der Waals surface area contributed by atoms with E-state index in [0.29, 0.717) is 12.8 Å². The zero-order valence-electron chi connectivity index (χ0n) is 7.28. The van der Waals surface area contributed by atoms with Gasteiger partial charge in [-0.15, -0.1) is 0 Å². The third kappa shape index (κ3) is 1.82. The Morgan fingerprint density at radius 2 is 2.08 bits per heavy atom. The first-order chi connectivity index (χ1) is 5.45.